The van der Waals surface area contributed by atoms with E-state index >= 15 is 0 Å². The maximum atomic E-state index is 13.7. The van der Waals surface area contributed by atoms with E-state index < -0.39 is 17.2 Å². The summed E-state index contributed by atoms with van der Waals surface area (Å²) >= 11 is 0.620. The molecule has 1 aliphatic carbocycles. The lowest BCUT2D eigenvalue weighted by atomic mass is 9.74. The highest BCUT2D eigenvalue weighted by atomic mass is 32.1. The number of thiophene rings is 1. The third-order valence-electron chi connectivity index (χ3n) is 6.27. The third kappa shape index (κ3) is 6.20. The first-order valence-corrected chi connectivity index (χ1v) is 12.3. The van der Waals surface area contributed by atoms with E-state index in [4.69, 9.17) is 9.47 Å². The van der Waals surface area contributed by atoms with Crippen LogP contribution in [0.1, 0.15) is 69.1 Å². The number of hydrogen-bond acceptors (Lipinski definition) is 5. The van der Waals surface area contributed by atoms with Crippen molar-refractivity contribution in [2.75, 3.05) is 20.3 Å². The van der Waals surface area contributed by atoms with Gasteiger partial charge >= 0.3 is 6.18 Å². The molecule has 2 aromatic rings. The van der Waals surface area contributed by atoms with Crippen molar-refractivity contribution in [3.63, 3.8) is 0 Å². The summed E-state index contributed by atoms with van der Waals surface area (Å²) in [7, 11) is 1.51. The summed E-state index contributed by atoms with van der Waals surface area (Å²) in [6.07, 6.45) is -2.96. The molecule has 1 heterocycles. The smallest absolute Gasteiger partial charge is 0.425 e. The van der Waals surface area contributed by atoms with Crippen LogP contribution in [0.5, 0.6) is 5.75 Å². The quantitative estimate of drug-likeness (QED) is 0.425. The fraction of sp³-hybridized carbons (Fsp3) is 0.577. The van der Waals surface area contributed by atoms with Crippen molar-refractivity contribution >= 4 is 17.1 Å². The minimum atomic E-state index is -4.44. The zero-order valence-corrected chi connectivity index (χ0v) is 21.2. The lowest BCUT2D eigenvalue weighted by molar-refractivity contribution is -0.135. The fourth-order valence-electron chi connectivity index (χ4n) is 4.64. The van der Waals surface area contributed by atoms with Gasteiger partial charge in [-0.2, -0.15) is 13.2 Å². The number of fused-ring (bicyclic) bond motifs is 1. The molecule has 4 nitrogen and oxygen atoms in total. The predicted octanol–water partition coefficient (Wildman–Crippen LogP) is 6.10. The SMILES string of the molecule is COCC(O)COc1c(C)cc(CCC(=O)c2sc(C(F)(F)F)c3c2CCC(C)(C)C3)cc1C. The Morgan fingerprint density at radius 2 is 1.82 bits per heavy atom. The van der Waals surface area contributed by atoms with Crippen LogP contribution < -0.4 is 4.74 Å². The van der Waals surface area contributed by atoms with Gasteiger partial charge < -0.3 is 14.6 Å². The van der Waals surface area contributed by atoms with E-state index in [1.165, 1.54) is 7.11 Å². The molecule has 8 heteroatoms. The molecule has 1 aliphatic rings. The van der Waals surface area contributed by atoms with Crippen molar-refractivity contribution in [3.05, 3.63) is 49.7 Å². The predicted molar refractivity (Wildman–Crippen MR) is 127 cm³/mol. The van der Waals surface area contributed by atoms with Gasteiger partial charge in [-0.1, -0.05) is 26.0 Å². The number of Topliss-reactive ketones (excluding diaryl/α,β-unsaturated/α-hetero) is 1. The Balaban J connectivity index is 1.75. The molecular weight excluding hydrogens is 465 g/mol. The fourth-order valence-corrected chi connectivity index (χ4v) is 5.84. The average molecular weight is 499 g/mol. The molecule has 1 unspecified atom stereocenters. The van der Waals surface area contributed by atoms with Gasteiger partial charge in [0, 0.05) is 13.5 Å². The second kappa shape index (κ2) is 10.4. The van der Waals surface area contributed by atoms with E-state index in [-0.39, 0.29) is 35.7 Å². The van der Waals surface area contributed by atoms with Crippen molar-refractivity contribution in [1.82, 2.24) is 0 Å². The summed E-state index contributed by atoms with van der Waals surface area (Å²) in [6.45, 7) is 8.03. The first kappa shape index (κ1) is 26.7. The average Bonchev–Trinajstić information content (AvgIpc) is 3.09. The van der Waals surface area contributed by atoms with Gasteiger partial charge in [0.25, 0.3) is 0 Å². The topological polar surface area (TPSA) is 55.8 Å². The van der Waals surface area contributed by atoms with Crippen molar-refractivity contribution in [2.24, 2.45) is 5.41 Å². The van der Waals surface area contributed by atoms with Crippen LogP contribution in [0, 0.1) is 19.3 Å². The molecule has 0 radical (unpaired) electrons. The van der Waals surface area contributed by atoms with E-state index in [9.17, 15) is 23.1 Å². The molecular formula is C26H33F3O4S. The summed E-state index contributed by atoms with van der Waals surface area (Å²) in [5.74, 6) is 0.449. The molecule has 34 heavy (non-hydrogen) atoms. The Kier molecular flexibility index (Phi) is 8.15. The highest BCUT2D eigenvalue weighted by Crippen LogP contribution is 2.47. The summed E-state index contributed by atoms with van der Waals surface area (Å²) in [5.41, 5.74) is 3.40. The standard InChI is InChI=1S/C26H33F3O4S/c1-15-10-17(11-16(2)22(15)33-14-18(30)13-32-5)6-7-21(31)23-19-8-9-25(3,4)12-20(19)24(34-23)26(27,28)29/h10-11,18,30H,6-9,12-14H2,1-5H3. The van der Waals surface area contributed by atoms with Crippen molar-refractivity contribution < 1.29 is 32.5 Å². The van der Waals surface area contributed by atoms with Gasteiger partial charge in [0.05, 0.1) is 11.5 Å². The molecule has 0 fully saturated rings. The zero-order chi connectivity index (χ0) is 25.3. The second-order valence-corrected chi connectivity index (χ2v) is 11.0. The highest BCUT2D eigenvalue weighted by molar-refractivity contribution is 7.14. The summed E-state index contributed by atoms with van der Waals surface area (Å²) in [6, 6.07) is 3.84. The molecule has 0 saturated heterocycles. The number of methoxy groups -OCH3 is 1. The zero-order valence-electron chi connectivity index (χ0n) is 20.4. The number of aliphatic hydroxyl groups excluding tert-OH is 1. The molecule has 1 atom stereocenters. The number of carbonyl (C=O) groups is 1. The highest BCUT2D eigenvalue weighted by Gasteiger charge is 2.42. The number of ether oxygens (including phenoxy) is 2. The number of benzene rings is 1. The van der Waals surface area contributed by atoms with Crippen molar-refractivity contribution in [1.29, 1.82) is 0 Å². The number of hydrogen-bond donors (Lipinski definition) is 1. The van der Waals surface area contributed by atoms with Gasteiger partial charge in [-0.3, -0.25) is 4.79 Å². The monoisotopic (exact) mass is 498 g/mol. The lowest BCUT2D eigenvalue weighted by Crippen LogP contribution is -2.24. The number of ketones is 1. The Labute approximate surface area is 203 Å². The minimum absolute atomic E-state index is 0.106. The number of aryl methyl sites for hydroxylation is 3. The van der Waals surface area contributed by atoms with Crippen LogP contribution in [0.2, 0.25) is 0 Å². The first-order valence-electron chi connectivity index (χ1n) is 11.5. The van der Waals surface area contributed by atoms with Crippen LogP contribution in [-0.2, 0) is 30.2 Å². The molecule has 0 saturated carbocycles. The number of alkyl halides is 3. The van der Waals surface area contributed by atoms with Gasteiger partial charge in [-0.05, 0) is 72.8 Å². The van der Waals surface area contributed by atoms with Gasteiger partial charge in [-0.15, -0.1) is 11.3 Å². The summed E-state index contributed by atoms with van der Waals surface area (Å²) in [5, 5.41) is 9.81. The van der Waals surface area contributed by atoms with E-state index in [2.05, 4.69) is 0 Å². The second-order valence-electron chi connectivity index (χ2n) is 9.96. The lowest BCUT2D eigenvalue weighted by Gasteiger charge is -2.30. The summed E-state index contributed by atoms with van der Waals surface area (Å²) in [4.78, 5) is 12.7. The number of rotatable bonds is 9. The number of halogens is 3. The number of aliphatic hydroxyl groups is 1. The van der Waals surface area contributed by atoms with Crippen molar-refractivity contribution in [3.8, 4) is 5.75 Å². The van der Waals surface area contributed by atoms with Gasteiger partial charge in [0.2, 0.25) is 0 Å². The molecule has 0 bridgehead atoms. The molecule has 1 N–H and O–H groups in total. The molecule has 188 valence electrons. The van der Waals surface area contributed by atoms with Crippen LogP contribution in [-0.4, -0.2) is 37.3 Å². The van der Waals surface area contributed by atoms with E-state index in [0.29, 0.717) is 47.5 Å². The molecule has 3 rings (SSSR count). The number of carbonyl (C=O) groups excluding carboxylic acids is 1. The van der Waals surface area contributed by atoms with Crippen molar-refractivity contribution in [2.45, 2.75) is 72.1 Å². The molecule has 0 spiro atoms. The van der Waals surface area contributed by atoms with Gasteiger partial charge in [0.15, 0.2) is 5.78 Å². The molecule has 1 aromatic carbocycles. The Hall–Kier alpha value is -1.90. The molecule has 1 aromatic heterocycles. The molecule has 0 aliphatic heterocycles. The van der Waals surface area contributed by atoms with Crippen LogP contribution in [0.3, 0.4) is 0 Å². The largest absolute Gasteiger partial charge is 0.490 e. The Morgan fingerprint density at radius 1 is 1.18 bits per heavy atom. The van der Waals surface area contributed by atoms with E-state index in [0.717, 1.165) is 23.1 Å². The van der Waals surface area contributed by atoms with Crippen LogP contribution >= 0.6 is 11.3 Å². The van der Waals surface area contributed by atoms with Gasteiger partial charge in [0.1, 0.15) is 23.3 Å². The van der Waals surface area contributed by atoms with Crippen LogP contribution in [0.15, 0.2) is 12.1 Å². The Bertz CT molecular complexity index is 1020. The van der Waals surface area contributed by atoms with Gasteiger partial charge in [-0.25, -0.2) is 0 Å². The Morgan fingerprint density at radius 3 is 2.41 bits per heavy atom. The molecule has 0 amide bonds. The first-order chi connectivity index (χ1) is 15.8. The minimum Gasteiger partial charge on any atom is -0.490 e. The normalized spacial score (nSPS) is 16.3. The summed E-state index contributed by atoms with van der Waals surface area (Å²) < 4.78 is 51.8. The van der Waals surface area contributed by atoms with E-state index in [1.54, 1.807) is 0 Å². The third-order valence-corrected chi connectivity index (χ3v) is 7.63. The maximum absolute atomic E-state index is 13.7. The maximum Gasteiger partial charge on any atom is 0.425 e. The van der Waals surface area contributed by atoms with E-state index in [1.807, 2.05) is 39.8 Å². The van der Waals surface area contributed by atoms with Crippen LogP contribution in [0.4, 0.5) is 13.2 Å². The van der Waals surface area contributed by atoms with Crippen LogP contribution in [0.25, 0.3) is 0 Å².